The lowest BCUT2D eigenvalue weighted by Crippen LogP contribution is -2.32. The largest absolute Gasteiger partial charge is 0.354 e. The molecule has 3 heteroatoms. The second kappa shape index (κ2) is 9.29. The molecule has 3 nitrogen and oxygen atoms in total. The predicted molar refractivity (Wildman–Crippen MR) is 81.8 cm³/mol. The van der Waals surface area contributed by atoms with Gasteiger partial charge in [0.1, 0.15) is 0 Å². The number of carbonyl (C=O) groups is 2. The van der Waals surface area contributed by atoms with Crippen LogP contribution in [0.5, 0.6) is 0 Å². The number of Topliss-reactive ketones (excluding diaryl/α,β-unsaturated/α-hetero) is 1. The first-order valence-corrected chi connectivity index (χ1v) is 7.51. The fraction of sp³-hybridized carbons (Fsp3) is 0.529. The van der Waals surface area contributed by atoms with Gasteiger partial charge in [0.15, 0.2) is 5.78 Å². The lowest BCUT2D eigenvalue weighted by atomic mass is 10.1. The van der Waals surface area contributed by atoms with Crippen molar-refractivity contribution < 1.29 is 9.59 Å². The fourth-order valence-electron chi connectivity index (χ4n) is 2.12. The highest BCUT2D eigenvalue weighted by atomic mass is 16.2. The molecule has 0 saturated heterocycles. The van der Waals surface area contributed by atoms with Crippen LogP contribution in [0, 0.1) is 0 Å². The minimum Gasteiger partial charge on any atom is -0.354 e. The summed E-state index contributed by atoms with van der Waals surface area (Å²) in [6, 6.07) is 9.32. The van der Waals surface area contributed by atoms with Crippen molar-refractivity contribution in [2.45, 2.75) is 58.4 Å². The number of carbonyl (C=O) groups excluding carboxylic acids is 2. The average Bonchev–Trinajstić information content (AvgIpc) is 2.46. The molecule has 1 unspecified atom stereocenters. The second-order valence-electron chi connectivity index (χ2n) is 5.25. The molecule has 0 fully saturated rings. The fourth-order valence-corrected chi connectivity index (χ4v) is 2.12. The number of hydrogen-bond donors (Lipinski definition) is 1. The van der Waals surface area contributed by atoms with Crippen LogP contribution in [-0.2, 0) is 4.79 Å². The van der Waals surface area contributed by atoms with Gasteiger partial charge in [0.2, 0.25) is 5.91 Å². The van der Waals surface area contributed by atoms with Crippen LogP contribution >= 0.6 is 0 Å². The van der Waals surface area contributed by atoms with Gasteiger partial charge in [0, 0.05) is 24.4 Å². The Balaban J connectivity index is 2.24. The standard InChI is InChI=1S/C17H25NO2/c1-3-4-6-9-14(2)18-17(20)13-12-16(19)15-10-7-5-8-11-15/h5,7-8,10-11,14H,3-4,6,9,12-13H2,1-2H3,(H,18,20). The third-order valence-corrected chi connectivity index (χ3v) is 3.32. The molecular formula is C17H25NO2. The molecule has 110 valence electrons. The maximum atomic E-state index is 11.9. The summed E-state index contributed by atoms with van der Waals surface area (Å²) in [5, 5.41) is 2.95. The van der Waals surface area contributed by atoms with Crippen molar-refractivity contribution in [1.82, 2.24) is 5.32 Å². The van der Waals surface area contributed by atoms with E-state index in [1.807, 2.05) is 25.1 Å². The third kappa shape index (κ3) is 6.50. The Morgan fingerprint density at radius 1 is 1.10 bits per heavy atom. The summed E-state index contributed by atoms with van der Waals surface area (Å²) < 4.78 is 0. The highest BCUT2D eigenvalue weighted by Gasteiger charge is 2.10. The number of unbranched alkanes of at least 4 members (excludes halogenated alkanes) is 2. The molecule has 0 bridgehead atoms. The molecule has 1 N–H and O–H groups in total. The zero-order chi connectivity index (χ0) is 14.8. The van der Waals surface area contributed by atoms with Crippen LogP contribution in [0.3, 0.4) is 0 Å². The summed E-state index contributed by atoms with van der Waals surface area (Å²) in [6.45, 7) is 4.19. The Kier molecular flexibility index (Phi) is 7.63. The third-order valence-electron chi connectivity index (χ3n) is 3.32. The van der Waals surface area contributed by atoms with Gasteiger partial charge >= 0.3 is 0 Å². The van der Waals surface area contributed by atoms with Crippen molar-refractivity contribution in [3.05, 3.63) is 35.9 Å². The van der Waals surface area contributed by atoms with Crippen LogP contribution in [-0.4, -0.2) is 17.7 Å². The van der Waals surface area contributed by atoms with Gasteiger partial charge in [0.05, 0.1) is 0 Å². The van der Waals surface area contributed by atoms with Crippen molar-refractivity contribution in [1.29, 1.82) is 0 Å². The molecule has 1 aromatic rings. The molecule has 1 atom stereocenters. The van der Waals surface area contributed by atoms with Gasteiger partial charge in [-0.25, -0.2) is 0 Å². The zero-order valence-electron chi connectivity index (χ0n) is 12.5. The van der Waals surface area contributed by atoms with Gasteiger partial charge in [-0.3, -0.25) is 9.59 Å². The molecule has 0 heterocycles. The van der Waals surface area contributed by atoms with E-state index in [2.05, 4.69) is 12.2 Å². The Morgan fingerprint density at radius 3 is 2.45 bits per heavy atom. The van der Waals surface area contributed by atoms with Gasteiger partial charge in [-0.05, 0) is 13.3 Å². The number of nitrogens with one attached hydrogen (secondary N) is 1. The average molecular weight is 275 g/mol. The lowest BCUT2D eigenvalue weighted by molar-refractivity contribution is -0.121. The molecule has 1 rings (SSSR count). The van der Waals surface area contributed by atoms with Crippen molar-refractivity contribution in [2.75, 3.05) is 0 Å². The van der Waals surface area contributed by atoms with Crippen LogP contribution in [0.25, 0.3) is 0 Å². The van der Waals surface area contributed by atoms with E-state index in [1.165, 1.54) is 12.8 Å². The van der Waals surface area contributed by atoms with Gasteiger partial charge in [-0.15, -0.1) is 0 Å². The topological polar surface area (TPSA) is 46.2 Å². The van der Waals surface area contributed by atoms with Crippen molar-refractivity contribution in [3.63, 3.8) is 0 Å². The van der Waals surface area contributed by atoms with E-state index < -0.39 is 0 Å². The Morgan fingerprint density at radius 2 is 1.80 bits per heavy atom. The van der Waals surface area contributed by atoms with Crippen LogP contribution in [0.15, 0.2) is 30.3 Å². The molecule has 20 heavy (non-hydrogen) atoms. The smallest absolute Gasteiger partial charge is 0.220 e. The van der Waals surface area contributed by atoms with E-state index in [1.54, 1.807) is 12.1 Å². The van der Waals surface area contributed by atoms with Gasteiger partial charge in [0.25, 0.3) is 0 Å². The molecule has 0 saturated carbocycles. The summed E-state index contributed by atoms with van der Waals surface area (Å²) in [4.78, 5) is 23.6. The van der Waals surface area contributed by atoms with E-state index in [0.717, 1.165) is 12.8 Å². The minimum atomic E-state index is -0.0294. The van der Waals surface area contributed by atoms with Gasteiger partial charge < -0.3 is 5.32 Å². The van der Waals surface area contributed by atoms with Crippen LogP contribution in [0.4, 0.5) is 0 Å². The first kappa shape index (κ1) is 16.4. The zero-order valence-corrected chi connectivity index (χ0v) is 12.5. The highest BCUT2D eigenvalue weighted by Crippen LogP contribution is 2.06. The number of amides is 1. The summed E-state index contributed by atoms with van der Waals surface area (Å²) >= 11 is 0. The monoisotopic (exact) mass is 275 g/mol. The van der Waals surface area contributed by atoms with E-state index in [9.17, 15) is 9.59 Å². The Hall–Kier alpha value is -1.64. The highest BCUT2D eigenvalue weighted by molar-refractivity contribution is 5.97. The molecule has 0 aromatic heterocycles. The Labute approximate surface area is 121 Å². The molecule has 0 aliphatic heterocycles. The first-order valence-electron chi connectivity index (χ1n) is 7.51. The summed E-state index contributed by atoms with van der Waals surface area (Å²) in [6.07, 6.45) is 5.08. The van der Waals surface area contributed by atoms with E-state index >= 15 is 0 Å². The number of ketones is 1. The number of hydrogen-bond acceptors (Lipinski definition) is 2. The maximum absolute atomic E-state index is 11.9. The van der Waals surface area contributed by atoms with Crippen LogP contribution < -0.4 is 5.32 Å². The molecule has 0 spiro atoms. The summed E-state index contributed by atoms with van der Waals surface area (Å²) in [5.41, 5.74) is 0.677. The molecule has 1 amide bonds. The molecular weight excluding hydrogens is 250 g/mol. The van der Waals surface area contributed by atoms with E-state index in [4.69, 9.17) is 0 Å². The second-order valence-corrected chi connectivity index (χ2v) is 5.25. The molecule has 0 aliphatic rings. The predicted octanol–water partition coefficient (Wildman–Crippen LogP) is 3.73. The lowest BCUT2D eigenvalue weighted by Gasteiger charge is -2.13. The van der Waals surface area contributed by atoms with Crippen molar-refractivity contribution in [2.24, 2.45) is 0 Å². The van der Waals surface area contributed by atoms with Gasteiger partial charge in [-0.2, -0.15) is 0 Å². The number of benzene rings is 1. The maximum Gasteiger partial charge on any atom is 0.220 e. The minimum absolute atomic E-state index is 0.0272. The quantitative estimate of drug-likeness (QED) is 0.551. The molecule has 0 radical (unpaired) electrons. The van der Waals surface area contributed by atoms with E-state index in [-0.39, 0.29) is 30.6 Å². The van der Waals surface area contributed by atoms with Crippen molar-refractivity contribution in [3.8, 4) is 0 Å². The normalized spacial score (nSPS) is 11.9. The van der Waals surface area contributed by atoms with Crippen LogP contribution in [0.1, 0.15) is 62.7 Å². The van der Waals surface area contributed by atoms with Gasteiger partial charge in [-0.1, -0.05) is 56.5 Å². The summed E-state index contributed by atoms with van der Waals surface area (Å²) in [7, 11) is 0. The Bertz CT molecular complexity index is 414. The molecule has 1 aromatic carbocycles. The first-order chi connectivity index (χ1) is 9.63. The molecule has 0 aliphatic carbocycles. The van der Waals surface area contributed by atoms with E-state index in [0.29, 0.717) is 5.56 Å². The van der Waals surface area contributed by atoms with Crippen LogP contribution in [0.2, 0.25) is 0 Å². The summed E-state index contributed by atoms with van der Waals surface area (Å²) in [5.74, 6) is -0.00216. The number of rotatable bonds is 9. The van der Waals surface area contributed by atoms with Crippen molar-refractivity contribution >= 4 is 11.7 Å². The SMILES string of the molecule is CCCCCC(C)NC(=O)CCC(=O)c1ccccc1.